The van der Waals surface area contributed by atoms with Crippen molar-refractivity contribution < 1.29 is 67.3 Å². The van der Waals surface area contributed by atoms with Gasteiger partial charge in [0.15, 0.2) is 5.60 Å². The van der Waals surface area contributed by atoms with Crippen molar-refractivity contribution in [2.45, 2.75) is 94.8 Å². The fourth-order valence-electron chi connectivity index (χ4n) is 10.9. The third-order valence-corrected chi connectivity index (χ3v) is 16.6. The smallest absolute Gasteiger partial charge is 0.317 e. The molecule has 24 nitrogen and oxygen atoms in total. The van der Waals surface area contributed by atoms with Gasteiger partial charge >= 0.3 is 5.97 Å². The Hall–Kier alpha value is -8.20. The average molecular weight is 1140 g/mol. The highest BCUT2D eigenvalue weighted by Crippen LogP contribution is 2.48. The number of amides is 8. The number of hydrogen-bond donors (Lipinski definition) is 9. The summed E-state index contributed by atoms with van der Waals surface area (Å²) in [5, 5.41) is 38.6. The Morgan fingerprint density at radius 1 is 0.877 bits per heavy atom. The summed E-state index contributed by atoms with van der Waals surface area (Å²) in [7, 11) is 0. The lowest BCUT2D eigenvalue weighted by atomic mass is 9.68. The number of aliphatic hydroxyl groups is 1. The maximum Gasteiger partial charge on any atom is 0.317 e. The zero-order chi connectivity index (χ0) is 57.9. The minimum atomic E-state index is -1.87. The largest absolute Gasteiger partial charge is 0.480 e. The SMILES string of the molecule is CC[C@@]1(O)C(=O)SCc2c1cc1n(c2=O)Cc2c-1nc1cc(F)c(C)c3c1c2[C@@H](NC(=O)C1(COCNC(=O)CNC(=O)C(Cc2ccccc2)NC(=O)CNC(=O)CNC(=O)[C@@H](CNCC(=O)O)N2C(=O)C=CC2=O)CCC1)CC3. The number of hydrogen-bond acceptors (Lipinski definition) is 16. The number of halogens is 1. The maximum absolute atomic E-state index is 15.5. The molecule has 9 N–H and O–H groups in total. The Balaban J connectivity index is 0.786. The van der Waals surface area contributed by atoms with Gasteiger partial charge in [-0.15, -0.1) is 0 Å². The zero-order valence-corrected chi connectivity index (χ0v) is 45.0. The molecule has 1 unspecified atom stereocenters. The molecule has 4 atom stereocenters. The Bertz CT molecular complexity index is 3390. The first kappa shape index (κ1) is 57.5. The van der Waals surface area contributed by atoms with Gasteiger partial charge in [-0.25, -0.2) is 9.37 Å². The van der Waals surface area contributed by atoms with Crippen LogP contribution in [0.25, 0.3) is 22.3 Å². The summed E-state index contributed by atoms with van der Waals surface area (Å²) in [4.78, 5) is 148. The van der Waals surface area contributed by atoms with Crippen LogP contribution in [0, 0.1) is 18.2 Å². The summed E-state index contributed by atoms with van der Waals surface area (Å²) < 4.78 is 23.0. The zero-order valence-electron chi connectivity index (χ0n) is 44.2. The third kappa shape index (κ3) is 11.7. The number of nitrogens with one attached hydrogen (secondary N) is 7. The first-order chi connectivity index (χ1) is 38.7. The molecule has 5 aliphatic rings. The third-order valence-electron chi connectivity index (χ3n) is 15.5. The van der Waals surface area contributed by atoms with Gasteiger partial charge in [0.2, 0.25) is 40.6 Å². The van der Waals surface area contributed by atoms with Gasteiger partial charge in [-0.1, -0.05) is 55.4 Å². The van der Waals surface area contributed by atoms with Crippen LogP contribution in [0.15, 0.2) is 59.4 Å². The summed E-state index contributed by atoms with van der Waals surface area (Å²) in [6.07, 6.45) is 4.46. The molecule has 0 bridgehead atoms. The quantitative estimate of drug-likeness (QED) is 0.0229. The molecule has 1 saturated carbocycles. The second kappa shape index (κ2) is 23.9. The van der Waals surface area contributed by atoms with E-state index < -0.39 is 120 Å². The fourth-order valence-corrected chi connectivity index (χ4v) is 12.0. The van der Waals surface area contributed by atoms with E-state index in [4.69, 9.17) is 14.8 Å². The molecule has 0 radical (unpaired) electrons. The van der Waals surface area contributed by atoms with Crippen molar-refractivity contribution in [3.05, 3.63) is 110 Å². The van der Waals surface area contributed by atoms with E-state index in [1.165, 1.54) is 6.07 Å². The van der Waals surface area contributed by atoms with Crippen molar-refractivity contribution in [1.29, 1.82) is 0 Å². The van der Waals surface area contributed by atoms with Gasteiger partial charge in [0.05, 0.1) is 67.7 Å². The molecule has 26 heteroatoms. The molecule has 8 amide bonds. The fraction of sp³-hybridized carbons (Fsp3) is 0.418. The van der Waals surface area contributed by atoms with Gasteiger partial charge < -0.3 is 56.7 Å². The number of fused-ring (bicyclic) bond motifs is 5. The predicted molar refractivity (Wildman–Crippen MR) is 287 cm³/mol. The molecular weight excluding hydrogens is 1080 g/mol. The molecule has 3 aliphatic heterocycles. The van der Waals surface area contributed by atoms with Gasteiger partial charge in [0.25, 0.3) is 17.4 Å². The highest BCUT2D eigenvalue weighted by molar-refractivity contribution is 8.13. The molecule has 81 heavy (non-hydrogen) atoms. The van der Waals surface area contributed by atoms with Gasteiger partial charge in [-0.05, 0) is 67.3 Å². The number of ether oxygens (including phenoxy) is 1. The van der Waals surface area contributed by atoms with E-state index in [2.05, 4.69) is 37.2 Å². The van der Waals surface area contributed by atoms with Crippen LogP contribution < -0.4 is 42.8 Å². The van der Waals surface area contributed by atoms with Crippen LogP contribution in [-0.2, 0) is 83.4 Å². The minimum absolute atomic E-state index is 0.0143. The number of imide groups is 1. The Kier molecular flexibility index (Phi) is 16.9. The number of aromatic nitrogens is 2. The van der Waals surface area contributed by atoms with Crippen molar-refractivity contribution in [2.24, 2.45) is 5.41 Å². The van der Waals surface area contributed by atoms with E-state index in [1.54, 1.807) is 54.8 Å². The number of carboxylic acids is 1. The van der Waals surface area contributed by atoms with Crippen molar-refractivity contribution in [1.82, 2.24) is 51.7 Å². The van der Waals surface area contributed by atoms with E-state index in [0.29, 0.717) is 75.1 Å². The van der Waals surface area contributed by atoms with Gasteiger partial charge in [0, 0.05) is 59.0 Å². The van der Waals surface area contributed by atoms with E-state index in [1.807, 2.05) is 0 Å². The van der Waals surface area contributed by atoms with Gasteiger partial charge in [-0.2, -0.15) is 0 Å². The maximum atomic E-state index is 15.5. The summed E-state index contributed by atoms with van der Waals surface area (Å²) in [5.74, 6) is -7.55. The number of benzene rings is 2. The predicted octanol–water partition coefficient (Wildman–Crippen LogP) is -0.348. The van der Waals surface area contributed by atoms with Crippen LogP contribution in [0.4, 0.5) is 4.39 Å². The van der Waals surface area contributed by atoms with Crippen LogP contribution in [0.2, 0.25) is 0 Å². The van der Waals surface area contributed by atoms with Crippen molar-refractivity contribution in [3.8, 4) is 11.4 Å². The molecule has 9 rings (SSSR count). The Morgan fingerprint density at radius 2 is 1.57 bits per heavy atom. The summed E-state index contributed by atoms with van der Waals surface area (Å²) in [6, 6.07) is 8.33. The number of rotatable bonds is 23. The Labute approximate surface area is 465 Å². The molecule has 426 valence electrons. The van der Waals surface area contributed by atoms with Crippen molar-refractivity contribution in [2.75, 3.05) is 46.1 Å². The van der Waals surface area contributed by atoms with E-state index in [-0.39, 0.29) is 55.5 Å². The lowest BCUT2D eigenvalue weighted by Gasteiger charge is -2.41. The molecule has 5 heterocycles. The number of carbonyl (C=O) groups is 10. The number of carbonyl (C=O) groups excluding carboxylic acids is 9. The number of aliphatic carboxylic acids is 1. The molecular formula is C55H59FN10O14S. The number of carboxylic acid groups (broad SMARTS) is 1. The highest BCUT2D eigenvalue weighted by atomic mass is 32.2. The van der Waals surface area contributed by atoms with Crippen LogP contribution >= 0.6 is 11.8 Å². The first-order valence-corrected chi connectivity index (χ1v) is 27.3. The van der Waals surface area contributed by atoms with Crippen molar-refractivity contribution in [3.63, 3.8) is 0 Å². The second-order valence-corrected chi connectivity index (χ2v) is 21.5. The van der Waals surface area contributed by atoms with Gasteiger partial charge in [0.1, 0.15) is 24.6 Å². The summed E-state index contributed by atoms with van der Waals surface area (Å²) in [6.45, 7) is 0.187. The van der Waals surface area contributed by atoms with Crippen LogP contribution in [-0.4, -0.2) is 141 Å². The minimum Gasteiger partial charge on any atom is -0.480 e. The standard InChI is InChI=1S/C55H59FN10O14S/c1-3-55(79)33-17-38-48-31(24-65(38)51(76)32(33)25-81-53(55)78)47-35(11-10-30-28(2)34(56)18-36(63-48)46(30)47)64-52(77)54(14-7-15-54)26-80-27-61-41(68)21-59-49(74)37(16-29-8-5-4-6-9-29)62-42(69)22-58-40(67)20-60-50(75)39(19-57-23-45(72)73)66-43(70)12-13-44(66)71/h4-6,8-9,12-13,17-18,35,37,39,57,79H,3,7,10-11,14-16,19-27H2,1-2H3,(H,58,67)(H,59,74)(H,60,75)(H,61,68)(H,62,69)(H,64,77)(H,72,73)/t35-,37?,39+,55-/m0/s1. The molecule has 1 fully saturated rings. The number of nitrogens with zero attached hydrogens (tertiary/aromatic N) is 3. The van der Waals surface area contributed by atoms with Crippen LogP contribution in [0.1, 0.15) is 84.0 Å². The number of pyridine rings is 2. The van der Waals surface area contributed by atoms with Crippen LogP contribution in [0.5, 0.6) is 0 Å². The first-order valence-electron chi connectivity index (χ1n) is 26.3. The molecule has 2 aromatic heterocycles. The second-order valence-electron chi connectivity index (χ2n) is 20.5. The monoisotopic (exact) mass is 1130 g/mol. The topological polar surface area (TPSA) is 343 Å². The summed E-state index contributed by atoms with van der Waals surface area (Å²) in [5.41, 5.74) is 1.79. The van der Waals surface area contributed by atoms with E-state index in [9.17, 15) is 57.8 Å². The molecule has 2 aliphatic carbocycles. The van der Waals surface area contributed by atoms with Crippen LogP contribution in [0.3, 0.4) is 0 Å². The average Bonchev–Trinajstić information content (AvgIpc) is 4.19. The highest BCUT2D eigenvalue weighted by Gasteiger charge is 2.48. The van der Waals surface area contributed by atoms with E-state index in [0.717, 1.165) is 41.5 Å². The molecule has 0 saturated heterocycles. The lowest BCUT2D eigenvalue weighted by Crippen LogP contribution is -2.56. The Morgan fingerprint density at radius 3 is 2.25 bits per heavy atom. The summed E-state index contributed by atoms with van der Waals surface area (Å²) >= 11 is 0.897. The normalized spacial score (nSPS) is 18.9. The number of thioether (sulfide) groups is 1. The molecule has 0 spiro atoms. The van der Waals surface area contributed by atoms with Gasteiger partial charge in [-0.3, -0.25) is 57.6 Å². The molecule has 2 aromatic carbocycles. The van der Waals surface area contributed by atoms with Crippen molar-refractivity contribution >= 4 is 81.0 Å². The molecule has 4 aromatic rings. The lowest BCUT2D eigenvalue weighted by molar-refractivity contribution is -0.145. The van der Waals surface area contributed by atoms with E-state index >= 15 is 4.39 Å². The number of aryl methyl sites for hydroxylation is 1.